The Morgan fingerprint density at radius 2 is 1.65 bits per heavy atom. The van der Waals surface area contributed by atoms with Crippen LogP contribution in [0.25, 0.3) is 0 Å². The molecule has 1 aromatic rings. The monoisotopic (exact) mass is 299 g/mol. The third kappa shape index (κ3) is 4.94. The van der Waals surface area contributed by atoms with Gasteiger partial charge in [-0.2, -0.15) is 0 Å². The number of rotatable bonds is 4. The van der Waals surface area contributed by atoms with Gasteiger partial charge in [0.05, 0.1) is 10.5 Å². The molecule has 5 nitrogen and oxygen atoms in total. The summed E-state index contributed by atoms with van der Waals surface area (Å²) in [5, 5.41) is 0. The van der Waals surface area contributed by atoms with Crippen molar-refractivity contribution in [2.75, 3.05) is 0 Å². The van der Waals surface area contributed by atoms with Crippen molar-refractivity contribution in [2.24, 2.45) is 0 Å². The van der Waals surface area contributed by atoms with E-state index in [1.54, 1.807) is 34.6 Å². The fourth-order valence-corrected chi connectivity index (χ4v) is 2.74. The molecular formula is C14H21NO4S. The SMILES string of the molecule is CC(C)NS(=O)(=O)c1ccc(C(=O)OC(C)(C)C)cc1. The number of sulfonamides is 1. The molecule has 112 valence electrons. The summed E-state index contributed by atoms with van der Waals surface area (Å²) in [4.78, 5) is 11.9. The Morgan fingerprint density at radius 1 is 1.15 bits per heavy atom. The summed E-state index contributed by atoms with van der Waals surface area (Å²) in [6.45, 7) is 8.81. The molecule has 0 aromatic heterocycles. The lowest BCUT2D eigenvalue weighted by atomic mass is 10.2. The molecule has 0 aliphatic carbocycles. The van der Waals surface area contributed by atoms with Crippen LogP contribution in [0.1, 0.15) is 45.0 Å². The zero-order chi connectivity index (χ0) is 15.6. The van der Waals surface area contributed by atoms with E-state index in [1.165, 1.54) is 24.3 Å². The highest BCUT2D eigenvalue weighted by Crippen LogP contribution is 2.15. The first-order valence-electron chi connectivity index (χ1n) is 6.37. The molecular weight excluding hydrogens is 278 g/mol. The first-order chi connectivity index (χ1) is 9.01. The first-order valence-corrected chi connectivity index (χ1v) is 7.85. The molecule has 0 heterocycles. The second-order valence-electron chi connectivity index (χ2n) is 5.80. The summed E-state index contributed by atoms with van der Waals surface area (Å²) in [6, 6.07) is 5.49. The number of nitrogens with one attached hydrogen (secondary N) is 1. The van der Waals surface area contributed by atoms with E-state index in [9.17, 15) is 13.2 Å². The molecule has 1 N–H and O–H groups in total. The molecule has 6 heteroatoms. The lowest BCUT2D eigenvalue weighted by molar-refractivity contribution is 0.00694. The standard InChI is InChI=1S/C14H21NO4S/c1-10(2)15-20(17,18)12-8-6-11(7-9-12)13(16)19-14(3,4)5/h6-10,15H,1-5H3. The molecule has 0 amide bonds. The number of hydrogen-bond acceptors (Lipinski definition) is 4. The van der Waals surface area contributed by atoms with Crippen LogP contribution < -0.4 is 4.72 Å². The maximum atomic E-state index is 11.9. The van der Waals surface area contributed by atoms with Gasteiger partial charge in [0.25, 0.3) is 0 Å². The van der Waals surface area contributed by atoms with Crippen LogP contribution >= 0.6 is 0 Å². The fraction of sp³-hybridized carbons (Fsp3) is 0.500. The molecule has 0 unspecified atom stereocenters. The van der Waals surface area contributed by atoms with Crippen molar-refractivity contribution in [1.29, 1.82) is 0 Å². The predicted octanol–water partition coefficient (Wildman–Crippen LogP) is 2.33. The van der Waals surface area contributed by atoms with E-state index >= 15 is 0 Å². The van der Waals surface area contributed by atoms with Crippen LogP contribution in [0.3, 0.4) is 0 Å². The smallest absolute Gasteiger partial charge is 0.338 e. The summed E-state index contributed by atoms with van der Waals surface area (Å²) in [5.41, 5.74) is -0.260. The molecule has 0 aliphatic rings. The minimum absolute atomic E-state index is 0.124. The second kappa shape index (κ2) is 5.93. The van der Waals surface area contributed by atoms with Gasteiger partial charge in [0.15, 0.2) is 0 Å². The molecule has 0 bridgehead atoms. The number of carbonyl (C=O) groups excluding carboxylic acids is 1. The number of esters is 1. The van der Waals surface area contributed by atoms with Crippen molar-refractivity contribution in [1.82, 2.24) is 4.72 Å². The van der Waals surface area contributed by atoms with Gasteiger partial charge in [-0.05, 0) is 58.9 Å². The van der Waals surface area contributed by atoms with Gasteiger partial charge in [-0.15, -0.1) is 0 Å². The van der Waals surface area contributed by atoms with E-state index in [4.69, 9.17) is 4.74 Å². The number of carbonyl (C=O) groups is 1. The molecule has 20 heavy (non-hydrogen) atoms. The van der Waals surface area contributed by atoms with Crippen molar-refractivity contribution in [3.63, 3.8) is 0 Å². The molecule has 0 atom stereocenters. The summed E-state index contributed by atoms with van der Waals surface area (Å²) < 4.78 is 31.5. The van der Waals surface area contributed by atoms with Gasteiger partial charge in [0, 0.05) is 6.04 Å². The molecule has 0 spiro atoms. The molecule has 1 aromatic carbocycles. The third-order valence-electron chi connectivity index (χ3n) is 2.19. The Labute approximate surface area is 120 Å². The van der Waals surface area contributed by atoms with Gasteiger partial charge in [0.2, 0.25) is 10.0 Å². The van der Waals surface area contributed by atoms with Gasteiger partial charge in [0.1, 0.15) is 5.60 Å². The number of ether oxygens (including phenoxy) is 1. The van der Waals surface area contributed by atoms with Crippen LogP contribution in [0.5, 0.6) is 0 Å². The maximum absolute atomic E-state index is 11.9. The Kier molecular flexibility index (Phi) is 4.94. The van der Waals surface area contributed by atoms with E-state index in [-0.39, 0.29) is 10.9 Å². The molecule has 0 radical (unpaired) electrons. The van der Waals surface area contributed by atoms with Crippen molar-refractivity contribution < 1.29 is 17.9 Å². The Bertz CT molecular complexity index is 568. The average Bonchev–Trinajstić information content (AvgIpc) is 2.25. The zero-order valence-corrected chi connectivity index (χ0v) is 13.2. The van der Waals surface area contributed by atoms with Crippen molar-refractivity contribution >= 4 is 16.0 Å². The highest BCUT2D eigenvalue weighted by Gasteiger charge is 2.19. The fourth-order valence-electron chi connectivity index (χ4n) is 1.49. The topological polar surface area (TPSA) is 72.5 Å². The van der Waals surface area contributed by atoms with Crippen molar-refractivity contribution in [3.8, 4) is 0 Å². The van der Waals surface area contributed by atoms with E-state index in [2.05, 4.69) is 4.72 Å². The van der Waals surface area contributed by atoms with Gasteiger partial charge < -0.3 is 4.74 Å². The van der Waals surface area contributed by atoms with Crippen molar-refractivity contribution in [3.05, 3.63) is 29.8 Å². The number of hydrogen-bond donors (Lipinski definition) is 1. The third-order valence-corrected chi connectivity index (χ3v) is 3.86. The summed E-state index contributed by atoms with van der Waals surface area (Å²) in [7, 11) is -3.54. The van der Waals surface area contributed by atoms with E-state index < -0.39 is 21.6 Å². The van der Waals surface area contributed by atoms with Gasteiger partial charge in [-0.1, -0.05) is 0 Å². The molecule has 0 saturated carbocycles. The van der Waals surface area contributed by atoms with Crippen LogP contribution in [0.15, 0.2) is 29.2 Å². The highest BCUT2D eigenvalue weighted by atomic mass is 32.2. The first kappa shape index (κ1) is 16.7. The lowest BCUT2D eigenvalue weighted by Gasteiger charge is -2.19. The van der Waals surface area contributed by atoms with Gasteiger partial charge in [-0.25, -0.2) is 17.9 Å². The van der Waals surface area contributed by atoms with Crippen LogP contribution in [0.4, 0.5) is 0 Å². The maximum Gasteiger partial charge on any atom is 0.338 e. The summed E-state index contributed by atoms with van der Waals surface area (Å²) in [6.07, 6.45) is 0. The minimum atomic E-state index is -3.54. The quantitative estimate of drug-likeness (QED) is 0.866. The Balaban J connectivity index is 2.92. The van der Waals surface area contributed by atoms with Crippen LogP contribution in [0, 0.1) is 0 Å². The predicted molar refractivity (Wildman–Crippen MR) is 77.1 cm³/mol. The largest absolute Gasteiger partial charge is 0.456 e. The van der Waals surface area contributed by atoms with Gasteiger partial charge >= 0.3 is 5.97 Å². The Morgan fingerprint density at radius 3 is 2.05 bits per heavy atom. The van der Waals surface area contributed by atoms with Crippen molar-refractivity contribution in [2.45, 2.75) is 51.2 Å². The molecule has 0 aliphatic heterocycles. The van der Waals surface area contributed by atoms with E-state index in [1.807, 2.05) is 0 Å². The van der Waals surface area contributed by atoms with Crippen LogP contribution in [-0.4, -0.2) is 26.0 Å². The lowest BCUT2D eigenvalue weighted by Crippen LogP contribution is -2.30. The van der Waals surface area contributed by atoms with Gasteiger partial charge in [-0.3, -0.25) is 0 Å². The minimum Gasteiger partial charge on any atom is -0.456 e. The molecule has 1 rings (SSSR count). The van der Waals surface area contributed by atoms with Crippen LogP contribution in [-0.2, 0) is 14.8 Å². The normalized spacial score (nSPS) is 12.5. The summed E-state index contributed by atoms with van der Waals surface area (Å²) in [5.74, 6) is -0.474. The summed E-state index contributed by atoms with van der Waals surface area (Å²) >= 11 is 0. The Hall–Kier alpha value is -1.40. The molecule has 0 saturated heterocycles. The second-order valence-corrected chi connectivity index (χ2v) is 7.52. The zero-order valence-electron chi connectivity index (χ0n) is 12.4. The number of benzene rings is 1. The average molecular weight is 299 g/mol. The van der Waals surface area contributed by atoms with E-state index in [0.717, 1.165) is 0 Å². The van der Waals surface area contributed by atoms with Crippen LogP contribution in [0.2, 0.25) is 0 Å². The van der Waals surface area contributed by atoms with E-state index in [0.29, 0.717) is 5.56 Å². The highest BCUT2D eigenvalue weighted by molar-refractivity contribution is 7.89. The molecule has 0 fully saturated rings.